The summed E-state index contributed by atoms with van der Waals surface area (Å²) < 4.78 is 0. The standard InChI is InChI=1S/C24H19ClN4O3S/c1-15-6-7-16(22-14-26-19-4-2-3-5-20(19)27-22)12-21(15)28-24(30)10-11-33-23-9-8-17(29(31)32)13-18(23)25/h2-9,12-14H,10-11H2,1H3,(H,28,30). The number of nitro groups is 1. The molecule has 0 fully saturated rings. The number of nitrogens with one attached hydrogen (secondary N) is 1. The van der Waals surface area contributed by atoms with E-state index < -0.39 is 4.92 Å². The van der Waals surface area contributed by atoms with E-state index in [0.29, 0.717) is 21.4 Å². The number of hydrogen-bond donors (Lipinski definition) is 1. The Kier molecular flexibility index (Phi) is 6.86. The highest BCUT2D eigenvalue weighted by Gasteiger charge is 2.12. The first-order valence-corrected chi connectivity index (χ1v) is 11.5. The van der Waals surface area contributed by atoms with Crippen LogP contribution >= 0.6 is 23.4 Å². The number of aromatic nitrogens is 2. The average Bonchev–Trinajstić information content (AvgIpc) is 2.81. The van der Waals surface area contributed by atoms with Crippen LogP contribution in [0.3, 0.4) is 0 Å². The fourth-order valence-electron chi connectivity index (χ4n) is 3.20. The number of carbonyl (C=O) groups is 1. The maximum Gasteiger partial charge on any atom is 0.270 e. The summed E-state index contributed by atoms with van der Waals surface area (Å²) in [4.78, 5) is 32.7. The number of anilines is 1. The van der Waals surface area contributed by atoms with Gasteiger partial charge in [0.25, 0.3) is 5.69 Å². The van der Waals surface area contributed by atoms with Gasteiger partial charge in [-0.3, -0.25) is 19.9 Å². The molecule has 33 heavy (non-hydrogen) atoms. The molecule has 0 saturated heterocycles. The van der Waals surface area contributed by atoms with Gasteiger partial charge in [-0.1, -0.05) is 35.9 Å². The third kappa shape index (κ3) is 5.47. The number of thioether (sulfide) groups is 1. The number of rotatable bonds is 7. The molecule has 166 valence electrons. The summed E-state index contributed by atoms with van der Waals surface area (Å²) in [5.74, 6) is 0.350. The van der Waals surface area contributed by atoms with Crippen LogP contribution in [0.1, 0.15) is 12.0 Å². The second-order valence-corrected chi connectivity index (χ2v) is 8.84. The van der Waals surface area contributed by atoms with Crippen molar-refractivity contribution >= 4 is 51.7 Å². The molecule has 0 unspecified atom stereocenters. The lowest BCUT2D eigenvalue weighted by atomic mass is 10.1. The van der Waals surface area contributed by atoms with E-state index in [0.717, 1.165) is 27.9 Å². The molecule has 0 aliphatic carbocycles. The van der Waals surface area contributed by atoms with Gasteiger partial charge in [-0.25, -0.2) is 4.98 Å². The minimum absolute atomic E-state index is 0.0615. The van der Waals surface area contributed by atoms with Gasteiger partial charge in [-0.05, 0) is 36.8 Å². The van der Waals surface area contributed by atoms with Crippen molar-refractivity contribution in [2.45, 2.75) is 18.2 Å². The number of halogens is 1. The van der Waals surface area contributed by atoms with Crippen molar-refractivity contribution in [1.82, 2.24) is 9.97 Å². The van der Waals surface area contributed by atoms with Gasteiger partial charge >= 0.3 is 0 Å². The highest BCUT2D eigenvalue weighted by molar-refractivity contribution is 7.99. The first-order valence-electron chi connectivity index (χ1n) is 10.1. The van der Waals surface area contributed by atoms with Gasteiger partial charge in [0, 0.05) is 40.5 Å². The third-order valence-corrected chi connectivity index (χ3v) is 6.47. The van der Waals surface area contributed by atoms with Gasteiger partial charge < -0.3 is 5.32 Å². The fourth-order valence-corrected chi connectivity index (χ4v) is 4.41. The fraction of sp³-hybridized carbons (Fsp3) is 0.125. The number of benzene rings is 3. The number of aryl methyl sites for hydroxylation is 1. The van der Waals surface area contributed by atoms with Gasteiger partial charge in [-0.15, -0.1) is 11.8 Å². The Balaban J connectivity index is 1.41. The normalized spacial score (nSPS) is 10.8. The molecule has 0 aliphatic heterocycles. The number of fused-ring (bicyclic) bond motifs is 1. The molecular formula is C24H19ClN4O3S. The van der Waals surface area contributed by atoms with Crippen molar-refractivity contribution in [2.75, 3.05) is 11.1 Å². The maximum absolute atomic E-state index is 12.5. The molecule has 0 radical (unpaired) electrons. The number of nitrogens with zero attached hydrogens (tertiary/aromatic N) is 3. The summed E-state index contributed by atoms with van der Waals surface area (Å²) in [6, 6.07) is 17.8. The Morgan fingerprint density at radius 1 is 1.12 bits per heavy atom. The van der Waals surface area contributed by atoms with Crippen LogP contribution in [0.4, 0.5) is 11.4 Å². The van der Waals surface area contributed by atoms with E-state index in [1.807, 2.05) is 49.4 Å². The first-order chi connectivity index (χ1) is 15.9. The van der Waals surface area contributed by atoms with Crippen molar-refractivity contribution in [3.05, 3.63) is 87.6 Å². The molecule has 7 nitrogen and oxygen atoms in total. The Labute approximate surface area is 199 Å². The molecule has 4 rings (SSSR count). The molecule has 0 saturated carbocycles. The third-order valence-electron chi connectivity index (χ3n) is 4.97. The van der Waals surface area contributed by atoms with Crippen molar-refractivity contribution < 1.29 is 9.72 Å². The summed E-state index contributed by atoms with van der Waals surface area (Å²) in [6.45, 7) is 1.93. The van der Waals surface area contributed by atoms with Crippen molar-refractivity contribution in [1.29, 1.82) is 0 Å². The summed E-state index contributed by atoms with van der Waals surface area (Å²) in [5.41, 5.74) is 4.82. The summed E-state index contributed by atoms with van der Waals surface area (Å²) >= 11 is 7.49. The highest BCUT2D eigenvalue weighted by atomic mass is 35.5. The van der Waals surface area contributed by atoms with Gasteiger partial charge in [-0.2, -0.15) is 0 Å². The molecule has 1 heterocycles. The highest BCUT2D eigenvalue weighted by Crippen LogP contribution is 2.31. The van der Waals surface area contributed by atoms with Gasteiger partial charge in [0.05, 0.1) is 32.9 Å². The van der Waals surface area contributed by atoms with Crippen LogP contribution < -0.4 is 5.32 Å². The molecule has 0 atom stereocenters. The van der Waals surface area contributed by atoms with Gasteiger partial charge in [0.2, 0.25) is 5.91 Å². The topological polar surface area (TPSA) is 98.0 Å². The van der Waals surface area contributed by atoms with Crippen LogP contribution in [0.15, 0.2) is 71.8 Å². The number of nitro benzene ring substituents is 1. The molecule has 1 amide bonds. The number of carbonyl (C=O) groups excluding carboxylic acids is 1. The molecule has 0 bridgehead atoms. The predicted molar refractivity (Wildman–Crippen MR) is 132 cm³/mol. The van der Waals surface area contributed by atoms with Crippen LogP contribution in [-0.4, -0.2) is 26.6 Å². The van der Waals surface area contributed by atoms with E-state index in [2.05, 4.69) is 15.3 Å². The second kappa shape index (κ2) is 9.97. The van der Waals surface area contributed by atoms with Crippen molar-refractivity contribution in [2.24, 2.45) is 0 Å². The maximum atomic E-state index is 12.5. The largest absolute Gasteiger partial charge is 0.326 e. The van der Waals surface area contributed by atoms with Crippen LogP contribution in [0.5, 0.6) is 0 Å². The van der Waals surface area contributed by atoms with E-state index in [1.54, 1.807) is 12.3 Å². The SMILES string of the molecule is Cc1ccc(-c2cnc3ccccc3n2)cc1NC(=O)CCSc1ccc([N+](=O)[O-])cc1Cl. The molecule has 9 heteroatoms. The Hall–Kier alpha value is -3.49. The van der Waals surface area contributed by atoms with E-state index >= 15 is 0 Å². The second-order valence-electron chi connectivity index (χ2n) is 7.29. The lowest BCUT2D eigenvalue weighted by Gasteiger charge is -2.11. The average molecular weight is 479 g/mol. The number of para-hydroxylation sites is 2. The van der Waals surface area contributed by atoms with Crippen LogP contribution in [-0.2, 0) is 4.79 Å². The van der Waals surface area contributed by atoms with E-state index in [-0.39, 0.29) is 18.0 Å². The van der Waals surface area contributed by atoms with Crippen LogP contribution in [0.2, 0.25) is 5.02 Å². The monoisotopic (exact) mass is 478 g/mol. The lowest BCUT2D eigenvalue weighted by Crippen LogP contribution is -2.13. The summed E-state index contributed by atoms with van der Waals surface area (Å²) in [5, 5.41) is 14.1. The van der Waals surface area contributed by atoms with Gasteiger partial charge in [0.1, 0.15) is 0 Å². The molecule has 1 N–H and O–H groups in total. The number of non-ortho nitro benzene ring substituents is 1. The van der Waals surface area contributed by atoms with E-state index in [9.17, 15) is 14.9 Å². The zero-order chi connectivity index (χ0) is 23.4. The minimum atomic E-state index is -0.492. The zero-order valence-electron chi connectivity index (χ0n) is 17.6. The van der Waals surface area contributed by atoms with Crippen molar-refractivity contribution in [3.8, 4) is 11.3 Å². The zero-order valence-corrected chi connectivity index (χ0v) is 19.2. The predicted octanol–water partition coefficient (Wildman–Crippen LogP) is 6.29. The number of amides is 1. The van der Waals surface area contributed by atoms with E-state index in [1.165, 1.54) is 23.9 Å². The van der Waals surface area contributed by atoms with Crippen LogP contribution in [0, 0.1) is 17.0 Å². The van der Waals surface area contributed by atoms with E-state index in [4.69, 9.17) is 11.6 Å². The minimum Gasteiger partial charge on any atom is -0.326 e. The number of hydrogen-bond acceptors (Lipinski definition) is 6. The molecular weight excluding hydrogens is 460 g/mol. The molecule has 4 aromatic rings. The molecule has 3 aromatic carbocycles. The first kappa shape index (κ1) is 22.7. The Morgan fingerprint density at radius 2 is 1.91 bits per heavy atom. The Bertz CT molecular complexity index is 1360. The quantitative estimate of drug-likeness (QED) is 0.190. The molecule has 0 aliphatic rings. The Morgan fingerprint density at radius 3 is 2.67 bits per heavy atom. The lowest BCUT2D eigenvalue weighted by molar-refractivity contribution is -0.384. The summed E-state index contributed by atoms with van der Waals surface area (Å²) in [7, 11) is 0. The van der Waals surface area contributed by atoms with Crippen molar-refractivity contribution in [3.63, 3.8) is 0 Å². The van der Waals surface area contributed by atoms with Gasteiger partial charge in [0.15, 0.2) is 0 Å². The molecule has 1 aromatic heterocycles. The summed E-state index contributed by atoms with van der Waals surface area (Å²) in [6.07, 6.45) is 1.99. The molecule has 0 spiro atoms. The smallest absolute Gasteiger partial charge is 0.270 e. The van der Waals surface area contributed by atoms with Crippen LogP contribution in [0.25, 0.3) is 22.3 Å².